The molecule has 4 rings (SSSR count). The molecule has 0 atom stereocenters. The Labute approximate surface area is 181 Å². The van der Waals surface area contributed by atoms with E-state index in [1.807, 2.05) is 0 Å². The van der Waals surface area contributed by atoms with Crippen molar-refractivity contribution < 1.29 is 23.9 Å². The van der Waals surface area contributed by atoms with Crippen molar-refractivity contribution in [3.63, 3.8) is 0 Å². The molecule has 154 valence electrons. The van der Waals surface area contributed by atoms with E-state index in [9.17, 15) is 23.9 Å². The highest BCUT2D eigenvalue weighted by Crippen LogP contribution is 2.25. The maximum absolute atomic E-state index is 14.3. The first-order valence-electron chi connectivity index (χ1n) is 9.04. The summed E-state index contributed by atoms with van der Waals surface area (Å²) >= 11 is 5.08. The lowest BCUT2D eigenvalue weighted by Gasteiger charge is -2.29. The van der Waals surface area contributed by atoms with E-state index in [0.717, 1.165) is 4.90 Å². The number of aromatic nitrogens is 1. The zero-order valence-corrected chi connectivity index (χ0v) is 16.6. The third-order valence-electron chi connectivity index (χ3n) is 4.64. The number of hydrogen-bond donors (Lipinski definition) is 2. The second-order valence-electron chi connectivity index (χ2n) is 6.57. The van der Waals surface area contributed by atoms with Gasteiger partial charge in [0.25, 0.3) is 11.8 Å². The second-order valence-corrected chi connectivity index (χ2v) is 6.95. The van der Waals surface area contributed by atoms with Gasteiger partial charge in [-0.1, -0.05) is 18.2 Å². The fourth-order valence-corrected chi connectivity index (χ4v) is 3.47. The summed E-state index contributed by atoms with van der Waals surface area (Å²) in [4.78, 5) is 37.8. The summed E-state index contributed by atoms with van der Waals surface area (Å²) in [6.07, 6.45) is 3.01. The van der Waals surface area contributed by atoms with Crippen LogP contribution in [0.15, 0.2) is 72.4 Å². The van der Waals surface area contributed by atoms with Gasteiger partial charge in [-0.15, -0.1) is 0 Å². The molecule has 9 heteroatoms. The molecule has 0 aliphatic carbocycles. The molecule has 1 saturated heterocycles. The van der Waals surface area contributed by atoms with Crippen LogP contribution >= 0.6 is 12.2 Å². The maximum Gasteiger partial charge on any atom is 0.335 e. The zero-order chi connectivity index (χ0) is 22.1. The number of benzene rings is 2. The third-order valence-corrected chi connectivity index (χ3v) is 4.92. The van der Waals surface area contributed by atoms with Crippen molar-refractivity contribution in [1.29, 1.82) is 0 Å². The Morgan fingerprint density at radius 3 is 2.58 bits per heavy atom. The molecule has 0 bridgehead atoms. The van der Waals surface area contributed by atoms with Gasteiger partial charge in [0.05, 0.1) is 11.3 Å². The molecular weight excluding hydrogens is 421 g/mol. The number of aromatic carboxylic acids is 1. The molecule has 1 fully saturated rings. The van der Waals surface area contributed by atoms with Gasteiger partial charge in [-0.3, -0.25) is 14.9 Å². The van der Waals surface area contributed by atoms with Crippen LogP contribution in [0.1, 0.15) is 16.1 Å². The highest BCUT2D eigenvalue weighted by molar-refractivity contribution is 7.80. The Kier molecular flexibility index (Phi) is 5.18. The average Bonchev–Trinajstić information content (AvgIpc) is 3.21. The predicted molar refractivity (Wildman–Crippen MR) is 115 cm³/mol. The minimum Gasteiger partial charge on any atom is -0.478 e. The van der Waals surface area contributed by atoms with Gasteiger partial charge in [-0.25, -0.2) is 14.1 Å². The van der Waals surface area contributed by atoms with E-state index < -0.39 is 23.6 Å². The van der Waals surface area contributed by atoms with Crippen LogP contribution < -0.4 is 10.2 Å². The second kappa shape index (κ2) is 7.96. The molecule has 2 amide bonds. The van der Waals surface area contributed by atoms with Gasteiger partial charge in [0.15, 0.2) is 5.11 Å². The number of para-hydroxylation sites is 1. The summed E-state index contributed by atoms with van der Waals surface area (Å²) < 4.78 is 15.9. The Morgan fingerprint density at radius 2 is 1.84 bits per heavy atom. The van der Waals surface area contributed by atoms with Crippen LogP contribution in [-0.2, 0) is 9.59 Å². The smallest absolute Gasteiger partial charge is 0.335 e. The summed E-state index contributed by atoms with van der Waals surface area (Å²) in [5, 5.41) is 11.4. The van der Waals surface area contributed by atoms with Crippen LogP contribution in [0.5, 0.6) is 0 Å². The molecule has 2 heterocycles. The first-order valence-corrected chi connectivity index (χ1v) is 9.44. The van der Waals surface area contributed by atoms with Gasteiger partial charge in [0.1, 0.15) is 11.4 Å². The number of rotatable bonds is 4. The van der Waals surface area contributed by atoms with Gasteiger partial charge in [-0.05, 0) is 60.8 Å². The Morgan fingerprint density at radius 1 is 1.06 bits per heavy atom. The van der Waals surface area contributed by atoms with Crippen molar-refractivity contribution >= 4 is 46.9 Å². The standard InChI is InChI=1S/C22H14FN3O4S/c23-17-8-1-2-9-18(17)26-20(28)16(19(27)24-22(26)31)12-15-7-4-10-25(15)14-6-3-5-13(11-14)21(29)30/h1-12H,(H,29,30)(H,24,27,31)/b16-12+. The Hall–Kier alpha value is -4.11. The number of halogens is 1. The summed E-state index contributed by atoms with van der Waals surface area (Å²) in [6, 6.07) is 15.1. The van der Waals surface area contributed by atoms with E-state index in [1.54, 1.807) is 41.1 Å². The van der Waals surface area contributed by atoms with Crippen LogP contribution in [0, 0.1) is 5.82 Å². The van der Waals surface area contributed by atoms with E-state index in [1.165, 1.54) is 36.4 Å². The van der Waals surface area contributed by atoms with Crippen molar-refractivity contribution in [3.05, 3.63) is 89.5 Å². The van der Waals surface area contributed by atoms with Crippen molar-refractivity contribution in [1.82, 2.24) is 9.88 Å². The van der Waals surface area contributed by atoms with Gasteiger partial charge < -0.3 is 9.67 Å². The summed E-state index contributed by atoms with van der Waals surface area (Å²) in [5.41, 5.74) is 0.746. The number of carbonyl (C=O) groups is 3. The van der Waals surface area contributed by atoms with Crippen LogP contribution in [-0.4, -0.2) is 32.6 Å². The molecule has 0 radical (unpaired) electrons. The van der Waals surface area contributed by atoms with Gasteiger partial charge in [0, 0.05) is 17.6 Å². The molecule has 0 saturated carbocycles. The van der Waals surface area contributed by atoms with E-state index in [4.69, 9.17) is 12.2 Å². The SMILES string of the molecule is O=C1NC(=S)N(c2ccccc2F)C(=O)/C1=C/c1cccn1-c1cccc(C(=O)O)c1. The van der Waals surface area contributed by atoms with Gasteiger partial charge >= 0.3 is 5.97 Å². The molecule has 1 aliphatic heterocycles. The fraction of sp³-hybridized carbons (Fsp3) is 0. The zero-order valence-electron chi connectivity index (χ0n) is 15.8. The van der Waals surface area contributed by atoms with Crippen LogP contribution in [0.4, 0.5) is 10.1 Å². The number of carbonyl (C=O) groups excluding carboxylic acids is 2. The van der Waals surface area contributed by atoms with Crippen molar-refractivity contribution in [2.24, 2.45) is 0 Å². The van der Waals surface area contributed by atoms with Crippen LogP contribution in [0.3, 0.4) is 0 Å². The number of amides is 2. The number of carboxylic acids is 1. The minimum atomic E-state index is -1.08. The van der Waals surface area contributed by atoms with E-state index in [2.05, 4.69) is 5.32 Å². The van der Waals surface area contributed by atoms with Crippen molar-refractivity contribution in [2.75, 3.05) is 4.90 Å². The Balaban J connectivity index is 1.77. The number of nitrogens with one attached hydrogen (secondary N) is 1. The first-order chi connectivity index (χ1) is 14.9. The van der Waals surface area contributed by atoms with Crippen molar-refractivity contribution in [2.45, 2.75) is 0 Å². The number of thiocarbonyl (C=S) groups is 1. The lowest BCUT2D eigenvalue weighted by Crippen LogP contribution is -2.54. The molecule has 1 aromatic heterocycles. The number of anilines is 1. The lowest BCUT2D eigenvalue weighted by molar-refractivity contribution is -0.122. The lowest BCUT2D eigenvalue weighted by atomic mass is 10.1. The molecule has 7 nitrogen and oxygen atoms in total. The van der Waals surface area contributed by atoms with Gasteiger partial charge in [0.2, 0.25) is 0 Å². The third kappa shape index (κ3) is 3.74. The van der Waals surface area contributed by atoms with E-state index in [0.29, 0.717) is 11.4 Å². The molecule has 0 spiro atoms. The highest BCUT2D eigenvalue weighted by Gasteiger charge is 2.35. The molecule has 2 aromatic carbocycles. The molecular formula is C22H14FN3O4S. The first kappa shape index (κ1) is 20.2. The molecule has 3 aromatic rings. The number of hydrogen-bond acceptors (Lipinski definition) is 4. The number of carboxylic acid groups (broad SMARTS) is 1. The van der Waals surface area contributed by atoms with Crippen molar-refractivity contribution in [3.8, 4) is 5.69 Å². The molecule has 1 aliphatic rings. The van der Waals surface area contributed by atoms with E-state index >= 15 is 0 Å². The topological polar surface area (TPSA) is 91.6 Å². The predicted octanol–water partition coefficient (Wildman–Crippen LogP) is 3.15. The molecule has 2 N–H and O–H groups in total. The van der Waals surface area contributed by atoms with E-state index in [-0.39, 0.29) is 21.9 Å². The fourth-order valence-electron chi connectivity index (χ4n) is 3.19. The monoisotopic (exact) mass is 435 g/mol. The largest absolute Gasteiger partial charge is 0.478 e. The summed E-state index contributed by atoms with van der Waals surface area (Å²) in [7, 11) is 0. The maximum atomic E-state index is 14.3. The molecule has 0 unspecified atom stereocenters. The Bertz CT molecular complexity index is 1280. The molecule has 31 heavy (non-hydrogen) atoms. The van der Waals surface area contributed by atoms with Gasteiger partial charge in [-0.2, -0.15) is 0 Å². The minimum absolute atomic E-state index is 0.0760. The summed E-state index contributed by atoms with van der Waals surface area (Å²) in [6.45, 7) is 0. The van der Waals surface area contributed by atoms with Crippen LogP contribution in [0.2, 0.25) is 0 Å². The normalized spacial score (nSPS) is 15.3. The average molecular weight is 435 g/mol. The quantitative estimate of drug-likeness (QED) is 0.373. The summed E-state index contributed by atoms with van der Waals surface area (Å²) in [5.74, 6) is -3.23. The highest BCUT2D eigenvalue weighted by atomic mass is 32.1. The van der Waals surface area contributed by atoms with Crippen LogP contribution in [0.25, 0.3) is 11.8 Å². The number of nitrogens with zero attached hydrogens (tertiary/aromatic N) is 2.